The largest absolute Gasteiger partial charge is 0.467 e. The first-order chi connectivity index (χ1) is 21.2. The molecule has 3 aliphatic heterocycles. The summed E-state index contributed by atoms with van der Waals surface area (Å²) in [4.78, 5) is 13.0. The Balaban J connectivity index is 0.000000373. The van der Waals surface area contributed by atoms with Crippen molar-refractivity contribution in [2.45, 2.75) is 51.4 Å². The van der Waals surface area contributed by atoms with E-state index in [1.54, 1.807) is 6.07 Å². The van der Waals surface area contributed by atoms with Crippen molar-refractivity contribution in [1.82, 2.24) is 20.2 Å². The molecular weight excluding hydrogens is 611 g/mol. The van der Waals surface area contributed by atoms with Gasteiger partial charge in [-0.2, -0.15) is 15.2 Å². The van der Waals surface area contributed by atoms with Crippen LogP contribution in [-0.4, -0.2) is 73.5 Å². The number of nitrogens with one attached hydrogen (secondary N) is 1. The van der Waals surface area contributed by atoms with Gasteiger partial charge in [0.05, 0.1) is 22.4 Å². The van der Waals surface area contributed by atoms with E-state index in [2.05, 4.69) is 20.2 Å². The molecule has 0 radical (unpaired) electrons. The number of halogens is 4. The van der Waals surface area contributed by atoms with Crippen LogP contribution in [0.25, 0.3) is 32.1 Å². The minimum Gasteiger partial charge on any atom is -0.467 e. The van der Waals surface area contributed by atoms with Crippen molar-refractivity contribution < 1.29 is 17.9 Å². The maximum Gasteiger partial charge on any atom is 0.318 e. The molecule has 8 nitrogen and oxygen atoms in total. The Bertz CT molecular complexity index is 1710. The summed E-state index contributed by atoms with van der Waals surface area (Å²) >= 11 is 7.62. The first kappa shape index (κ1) is 32.0. The second-order valence-electron chi connectivity index (χ2n) is 10.9. The van der Waals surface area contributed by atoms with Gasteiger partial charge >= 0.3 is 6.01 Å². The summed E-state index contributed by atoms with van der Waals surface area (Å²) < 4.78 is 48.4. The summed E-state index contributed by atoms with van der Waals surface area (Å²) in [7, 11) is 3.37. The molecule has 4 aromatic rings. The van der Waals surface area contributed by atoms with Crippen LogP contribution >= 0.6 is 22.9 Å². The Morgan fingerprint density at radius 1 is 1.14 bits per heavy atom. The molecule has 3 fully saturated rings. The normalized spacial score (nSPS) is 21.1. The number of thiophene rings is 1. The summed E-state index contributed by atoms with van der Waals surface area (Å²) in [5, 5.41) is 14.2. The molecule has 2 aromatic heterocycles. The zero-order valence-corrected chi connectivity index (χ0v) is 26.6. The molecule has 0 amide bonds. The fourth-order valence-electron chi connectivity index (χ4n) is 6.10. The molecule has 3 unspecified atom stereocenters. The lowest BCUT2D eigenvalue weighted by atomic mass is 9.97. The van der Waals surface area contributed by atoms with E-state index in [1.165, 1.54) is 19.2 Å². The standard InChI is InChI=1S/C24H19ClF2N6OS.C5H10FN.C2H6/c1-34-24-31-20-13(23(32-24)33-8-10-2-3-11(9-33)30-10)6-15(25)18(19(20)27)12-4-5-16(26)21-17(12)14(7-28)22(29)35-21;1-7-3-2-5(6)4-7;1-2/h4-6,10-11,30H,2-3,8-9,29H2,1H3;5H,2-4H2,1H3;1-2H3. The first-order valence-corrected chi connectivity index (χ1v) is 15.9. The van der Waals surface area contributed by atoms with E-state index in [0.29, 0.717) is 29.8 Å². The van der Waals surface area contributed by atoms with Crippen molar-refractivity contribution in [3.05, 3.63) is 40.4 Å². The predicted octanol–water partition coefficient (Wildman–Crippen LogP) is 6.53. The number of benzene rings is 2. The quantitative estimate of drug-likeness (QED) is 0.259. The second kappa shape index (κ2) is 13.3. The number of nitrogen functional groups attached to an aromatic ring is 1. The van der Waals surface area contributed by atoms with Gasteiger partial charge in [-0.05, 0) is 44.0 Å². The lowest BCUT2D eigenvalue weighted by Crippen LogP contribution is -2.51. The van der Waals surface area contributed by atoms with E-state index in [-0.39, 0.29) is 48.3 Å². The third-order valence-corrected chi connectivity index (χ3v) is 9.40. The van der Waals surface area contributed by atoms with E-state index >= 15 is 4.39 Å². The fourth-order valence-corrected chi connectivity index (χ4v) is 7.34. The van der Waals surface area contributed by atoms with Gasteiger partial charge in [0.1, 0.15) is 34.4 Å². The van der Waals surface area contributed by atoms with Crippen LogP contribution in [0.15, 0.2) is 18.2 Å². The lowest BCUT2D eigenvalue weighted by molar-refractivity contribution is 0.321. The number of aromatic nitrogens is 2. The number of nitrogens with two attached hydrogens (primary N) is 1. The Kier molecular flexibility index (Phi) is 9.70. The zero-order valence-electron chi connectivity index (χ0n) is 25.1. The molecule has 234 valence electrons. The molecule has 0 aliphatic carbocycles. The molecule has 2 aromatic carbocycles. The van der Waals surface area contributed by atoms with Gasteiger partial charge in [0.25, 0.3) is 0 Å². The predicted molar refractivity (Wildman–Crippen MR) is 171 cm³/mol. The first-order valence-electron chi connectivity index (χ1n) is 14.7. The Hall–Kier alpha value is -3.37. The Labute approximate surface area is 263 Å². The molecule has 3 aliphatic rings. The number of anilines is 2. The second-order valence-corrected chi connectivity index (χ2v) is 12.4. The number of hydrogen-bond donors (Lipinski definition) is 2. The minimum atomic E-state index is -0.700. The van der Waals surface area contributed by atoms with Gasteiger partial charge < -0.3 is 25.6 Å². The van der Waals surface area contributed by atoms with Crippen LogP contribution in [0, 0.1) is 23.0 Å². The molecule has 0 saturated carbocycles. The van der Waals surface area contributed by atoms with E-state index in [4.69, 9.17) is 22.1 Å². The molecule has 2 bridgehead atoms. The molecule has 13 heteroatoms. The summed E-state index contributed by atoms with van der Waals surface area (Å²) in [6.45, 7) is 7.03. The van der Waals surface area contributed by atoms with Crippen molar-refractivity contribution >= 4 is 54.7 Å². The lowest BCUT2D eigenvalue weighted by Gasteiger charge is -2.34. The number of likely N-dealkylation sites (tertiary alicyclic amines) is 1. The zero-order chi connectivity index (χ0) is 31.7. The van der Waals surface area contributed by atoms with Gasteiger partial charge in [0.15, 0.2) is 5.82 Å². The highest BCUT2D eigenvalue weighted by Gasteiger charge is 2.34. The highest BCUT2D eigenvalue weighted by molar-refractivity contribution is 7.23. The fraction of sp³-hybridized carbons (Fsp3) is 0.452. The average molecular weight is 646 g/mol. The van der Waals surface area contributed by atoms with Crippen LogP contribution in [0.1, 0.15) is 38.7 Å². The van der Waals surface area contributed by atoms with E-state index in [1.807, 2.05) is 31.9 Å². The molecular formula is C31H35ClF3N7OS. The smallest absolute Gasteiger partial charge is 0.318 e. The SMILES string of the molecule is CC.CN1CCC(F)C1.COc1nc(N2CC3CCC(C2)N3)c2cc(Cl)c(-c3ccc(F)c4sc(N)c(C#N)c34)c(F)c2n1. The topological polar surface area (TPSA) is 103 Å². The van der Waals surface area contributed by atoms with Crippen LogP contribution in [0.3, 0.4) is 0 Å². The van der Waals surface area contributed by atoms with Gasteiger partial charge in [-0.1, -0.05) is 31.5 Å². The van der Waals surface area contributed by atoms with Crippen LogP contribution in [-0.2, 0) is 0 Å². The number of nitrogens with zero attached hydrogens (tertiary/aromatic N) is 5. The summed E-state index contributed by atoms with van der Waals surface area (Å²) in [6, 6.07) is 6.98. The van der Waals surface area contributed by atoms with Crippen molar-refractivity contribution in [2.75, 3.05) is 51.0 Å². The molecule has 0 spiro atoms. The van der Waals surface area contributed by atoms with Gasteiger partial charge in [-0.15, -0.1) is 11.3 Å². The number of rotatable bonds is 3. The van der Waals surface area contributed by atoms with E-state index in [9.17, 15) is 14.0 Å². The molecule has 3 atom stereocenters. The Morgan fingerprint density at radius 3 is 2.41 bits per heavy atom. The highest BCUT2D eigenvalue weighted by Crippen LogP contribution is 2.45. The average Bonchev–Trinajstić information content (AvgIpc) is 3.69. The number of piperazine rings is 1. The van der Waals surface area contributed by atoms with Gasteiger partial charge in [-0.25, -0.2) is 13.2 Å². The number of methoxy groups -OCH3 is 1. The van der Waals surface area contributed by atoms with E-state index < -0.39 is 17.8 Å². The molecule has 7 rings (SSSR count). The van der Waals surface area contributed by atoms with Crippen molar-refractivity contribution in [3.8, 4) is 23.2 Å². The van der Waals surface area contributed by atoms with Gasteiger partial charge in [-0.3, -0.25) is 0 Å². The number of hydrogen-bond acceptors (Lipinski definition) is 9. The van der Waals surface area contributed by atoms with E-state index in [0.717, 1.165) is 50.2 Å². The van der Waals surface area contributed by atoms with Crippen molar-refractivity contribution in [2.24, 2.45) is 0 Å². The summed E-state index contributed by atoms with van der Waals surface area (Å²) in [5.74, 6) is -0.688. The summed E-state index contributed by atoms with van der Waals surface area (Å²) in [6.07, 6.45) is 2.33. The minimum absolute atomic E-state index is 0.0190. The third-order valence-electron chi connectivity index (χ3n) is 8.07. The number of nitriles is 1. The van der Waals surface area contributed by atoms with Gasteiger partial charge in [0.2, 0.25) is 0 Å². The van der Waals surface area contributed by atoms with Crippen LogP contribution in [0.2, 0.25) is 5.02 Å². The van der Waals surface area contributed by atoms with Crippen LogP contribution in [0.5, 0.6) is 6.01 Å². The van der Waals surface area contributed by atoms with Gasteiger partial charge in [0, 0.05) is 54.6 Å². The number of fused-ring (bicyclic) bond motifs is 4. The van der Waals surface area contributed by atoms with Crippen molar-refractivity contribution in [3.63, 3.8) is 0 Å². The third kappa shape index (κ3) is 5.98. The van der Waals surface area contributed by atoms with Crippen molar-refractivity contribution in [1.29, 1.82) is 5.26 Å². The molecule has 3 N–H and O–H groups in total. The molecule has 5 heterocycles. The maximum absolute atomic E-state index is 16.3. The monoisotopic (exact) mass is 645 g/mol. The number of ether oxygens (including phenoxy) is 1. The highest BCUT2D eigenvalue weighted by atomic mass is 35.5. The van der Waals surface area contributed by atoms with Crippen LogP contribution < -0.4 is 20.7 Å². The Morgan fingerprint density at radius 2 is 1.84 bits per heavy atom. The molecule has 3 saturated heterocycles. The molecule has 44 heavy (non-hydrogen) atoms. The summed E-state index contributed by atoms with van der Waals surface area (Å²) in [5.41, 5.74) is 6.39. The maximum atomic E-state index is 16.3. The number of alkyl halides is 1. The van der Waals surface area contributed by atoms with Crippen LogP contribution in [0.4, 0.5) is 24.0 Å².